The van der Waals surface area contributed by atoms with E-state index in [4.69, 9.17) is 17.3 Å². The van der Waals surface area contributed by atoms with Gasteiger partial charge < -0.3 is 5.73 Å². The summed E-state index contributed by atoms with van der Waals surface area (Å²) in [4.78, 5) is 0. The van der Waals surface area contributed by atoms with Crippen molar-refractivity contribution < 1.29 is 0 Å². The smallest absolute Gasteiger partial charge is 0.0406 e. The topological polar surface area (TPSA) is 26.0 Å². The second kappa shape index (κ2) is 8.54. The molecule has 1 nitrogen and oxygen atoms in total. The van der Waals surface area contributed by atoms with Gasteiger partial charge in [-0.3, -0.25) is 0 Å². The third kappa shape index (κ3) is 6.09. The molecule has 0 amide bonds. The van der Waals surface area contributed by atoms with Crippen LogP contribution in [-0.2, 0) is 0 Å². The Kier molecular flexibility index (Phi) is 7.30. The Labute approximate surface area is 110 Å². The molecule has 0 fully saturated rings. The van der Waals surface area contributed by atoms with Crippen LogP contribution in [0.25, 0.3) is 0 Å². The molecule has 2 N–H and O–H groups in total. The molecule has 1 unspecified atom stereocenters. The Hall–Kier alpha value is -0.530. The molecule has 1 rings (SSSR count). The lowest BCUT2D eigenvalue weighted by molar-refractivity contribution is 0.547. The highest BCUT2D eigenvalue weighted by molar-refractivity contribution is 6.30. The zero-order valence-electron chi connectivity index (χ0n) is 10.8. The zero-order chi connectivity index (χ0) is 12.5. The standard InChI is InChI=1S/C15H24ClN/c1-2-3-4-5-6-7-8-15(17)13-9-11-14(16)12-10-13/h9-12,15H,2-8,17H2,1H3. The molecule has 1 aromatic carbocycles. The summed E-state index contributed by atoms with van der Waals surface area (Å²) in [5, 5.41) is 0.778. The van der Waals surface area contributed by atoms with E-state index < -0.39 is 0 Å². The lowest BCUT2D eigenvalue weighted by atomic mass is 10.0. The van der Waals surface area contributed by atoms with Crippen LogP contribution in [0.1, 0.15) is 63.5 Å². The normalized spacial score (nSPS) is 12.6. The number of unbranched alkanes of at least 4 members (excludes halogenated alkanes) is 5. The summed E-state index contributed by atoms with van der Waals surface area (Å²) < 4.78 is 0. The van der Waals surface area contributed by atoms with Crippen LogP contribution in [0.2, 0.25) is 5.02 Å². The van der Waals surface area contributed by atoms with Crippen molar-refractivity contribution in [3.05, 3.63) is 34.9 Å². The van der Waals surface area contributed by atoms with Gasteiger partial charge in [-0.25, -0.2) is 0 Å². The van der Waals surface area contributed by atoms with Crippen LogP contribution >= 0.6 is 11.6 Å². The minimum atomic E-state index is 0.165. The molecule has 1 aromatic rings. The molecule has 0 aliphatic heterocycles. The van der Waals surface area contributed by atoms with E-state index in [1.165, 1.54) is 44.1 Å². The first-order chi connectivity index (χ1) is 8.24. The Morgan fingerprint density at radius 1 is 1.00 bits per heavy atom. The van der Waals surface area contributed by atoms with Crippen molar-refractivity contribution in [1.29, 1.82) is 0 Å². The van der Waals surface area contributed by atoms with Crippen molar-refractivity contribution in [1.82, 2.24) is 0 Å². The molecular weight excluding hydrogens is 230 g/mol. The van der Waals surface area contributed by atoms with Gasteiger partial charge in [0.1, 0.15) is 0 Å². The number of hydrogen-bond acceptors (Lipinski definition) is 1. The minimum Gasteiger partial charge on any atom is -0.324 e. The first kappa shape index (κ1) is 14.5. The van der Waals surface area contributed by atoms with E-state index in [1.54, 1.807) is 0 Å². The minimum absolute atomic E-state index is 0.165. The summed E-state index contributed by atoms with van der Waals surface area (Å²) in [5.74, 6) is 0. The number of halogens is 1. The van der Waals surface area contributed by atoms with E-state index in [0.29, 0.717) is 0 Å². The fraction of sp³-hybridized carbons (Fsp3) is 0.600. The molecule has 96 valence electrons. The molecule has 17 heavy (non-hydrogen) atoms. The predicted octanol–water partition coefficient (Wildman–Crippen LogP) is 5.09. The van der Waals surface area contributed by atoms with Gasteiger partial charge in [-0.2, -0.15) is 0 Å². The second-order valence-electron chi connectivity index (χ2n) is 4.71. The van der Waals surface area contributed by atoms with Crippen LogP contribution in [0.15, 0.2) is 24.3 Å². The van der Waals surface area contributed by atoms with Gasteiger partial charge in [-0.05, 0) is 24.1 Å². The van der Waals surface area contributed by atoms with Crippen molar-refractivity contribution in [3.8, 4) is 0 Å². The van der Waals surface area contributed by atoms with E-state index in [-0.39, 0.29) is 6.04 Å². The average Bonchev–Trinajstić information content (AvgIpc) is 2.34. The highest BCUT2D eigenvalue weighted by Gasteiger charge is 2.05. The molecule has 0 aliphatic carbocycles. The predicted molar refractivity (Wildman–Crippen MR) is 76.4 cm³/mol. The monoisotopic (exact) mass is 253 g/mol. The summed E-state index contributed by atoms with van der Waals surface area (Å²) in [5.41, 5.74) is 7.34. The van der Waals surface area contributed by atoms with Gasteiger partial charge in [0, 0.05) is 11.1 Å². The number of benzene rings is 1. The van der Waals surface area contributed by atoms with Crippen molar-refractivity contribution in [2.45, 2.75) is 57.9 Å². The van der Waals surface area contributed by atoms with Crippen molar-refractivity contribution in [2.24, 2.45) is 5.73 Å². The molecule has 0 spiro atoms. The quantitative estimate of drug-likeness (QED) is 0.642. The first-order valence-corrected chi connectivity index (χ1v) is 7.13. The van der Waals surface area contributed by atoms with Gasteiger partial charge in [0.05, 0.1) is 0 Å². The van der Waals surface area contributed by atoms with Gasteiger partial charge in [0.25, 0.3) is 0 Å². The molecule has 0 heterocycles. The summed E-state index contributed by atoms with van der Waals surface area (Å²) in [6, 6.07) is 8.06. The van der Waals surface area contributed by atoms with Gasteiger partial charge in [-0.1, -0.05) is 69.2 Å². The van der Waals surface area contributed by atoms with Gasteiger partial charge in [0.15, 0.2) is 0 Å². The van der Waals surface area contributed by atoms with Crippen LogP contribution in [0, 0.1) is 0 Å². The zero-order valence-corrected chi connectivity index (χ0v) is 11.5. The van der Waals surface area contributed by atoms with E-state index in [9.17, 15) is 0 Å². The maximum absolute atomic E-state index is 6.14. The highest BCUT2D eigenvalue weighted by Crippen LogP contribution is 2.20. The van der Waals surface area contributed by atoms with Crippen LogP contribution < -0.4 is 5.73 Å². The Bertz CT molecular complexity index is 294. The molecule has 0 aromatic heterocycles. The average molecular weight is 254 g/mol. The molecule has 0 aliphatic rings. The SMILES string of the molecule is CCCCCCCCC(N)c1ccc(Cl)cc1. The summed E-state index contributed by atoms with van der Waals surface area (Å²) >= 11 is 5.85. The fourth-order valence-corrected chi connectivity index (χ4v) is 2.15. The number of hydrogen-bond donors (Lipinski definition) is 1. The van der Waals surface area contributed by atoms with Crippen LogP contribution in [-0.4, -0.2) is 0 Å². The van der Waals surface area contributed by atoms with E-state index in [0.717, 1.165) is 11.4 Å². The molecule has 1 atom stereocenters. The van der Waals surface area contributed by atoms with Gasteiger partial charge in [-0.15, -0.1) is 0 Å². The number of rotatable bonds is 8. The van der Waals surface area contributed by atoms with E-state index in [1.807, 2.05) is 24.3 Å². The maximum Gasteiger partial charge on any atom is 0.0406 e. The van der Waals surface area contributed by atoms with E-state index in [2.05, 4.69) is 6.92 Å². The third-order valence-corrected chi connectivity index (χ3v) is 3.42. The fourth-order valence-electron chi connectivity index (χ4n) is 2.02. The largest absolute Gasteiger partial charge is 0.324 e. The molecule has 0 radical (unpaired) electrons. The van der Waals surface area contributed by atoms with Gasteiger partial charge in [0.2, 0.25) is 0 Å². The third-order valence-electron chi connectivity index (χ3n) is 3.17. The van der Waals surface area contributed by atoms with Crippen LogP contribution in [0.4, 0.5) is 0 Å². The molecule has 0 bridgehead atoms. The lowest BCUT2D eigenvalue weighted by Gasteiger charge is -2.11. The summed E-state index contributed by atoms with van der Waals surface area (Å²) in [6.45, 7) is 2.25. The molecule has 2 heteroatoms. The second-order valence-corrected chi connectivity index (χ2v) is 5.15. The summed E-state index contributed by atoms with van der Waals surface area (Å²) in [7, 11) is 0. The Morgan fingerprint density at radius 2 is 1.59 bits per heavy atom. The maximum atomic E-state index is 6.14. The number of nitrogens with two attached hydrogens (primary N) is 1. The molecular formula is C15H24ClN. The Balaban J connectivity index is 2.16. The summed E-state index contributed by atoms with van der Waals surface area (Å²) in [6.07, 6.45) is 9.00. The highest BCUT2D eigenvalue weighted by atomic mass is 35.5. The molecule has 0 saturated heterocycles. The van der Waals surface area contributed by atoms with Gasteiger partial charge >= 0.3 is 0 Å². The van der Waals surface area contributed by atoms with Crippen LogP contribution in [0.3, 0.4) is 0 Å². The Morgan fingerprint density at radius 3 is 2.24 bits per heavy atom. The van der Waals surface area contributed by atoms with Crippen molar-refractivity contribution in [3.63, 3.8) is 0 Å². The van der Waals surface area contributed by atoms with Crippen LogP contribution in [0.5, 0.6) is 0 Å². The lowest BCUT2D eigenvalue weighted by Crippen LogP contribution is -2.09. The van der Waals surface area contributed by atoms with E-state index >= 15 is 0 Å². The molecule has 0 saturated carbocycles. The first-order valence-electron chi connectivity index (χ1n) is 6.75. The van der Waals surface area contributed by atoms with Crippen molar-refractivity contribution in [2.75, 3.05) is 0 Å². The van der Waals surface area contributed by atoms with Crippen molar-refractivity contribution >= 4 is 11.6 Å².